The molecule has 2 rings (SSSR count). The number of nitrogens with two attached hydrogens (primary N) is 1. The summed E-state index contributed by atoms with van der Waals surface area (Å²) in [4.78, 5) is 4.96. The van der Waals surface area contributed by atoms with E-state index in [4.69, 9.17) is 5.73 Å². The predicted octanol–water partition coefficient (Wildman–Crippen LogP) is 0.446. The van der Waals surface area contributed by atoms with Gasteiger partial charge in [0.1, 0.15) is 0 Å². The first-order chi connectivity index (χ1) is 8.65. The number of piperazine rings is 1. The minimum Gasteiger partial charge on any atom is -0.329 e. The maximum absolute atomic E-state index is 5.97. The summed E-state index contributed by atoms with van der Waals surface area (Å²) >= 11 is 0. The van der Waals surface area contributed by atoms with Gasteiger partial charge in [-0.25, -0.2) is 0 Å². The molecule has 1 aliphatic rings. The summed E-state index contributed by atoms with van der Waals surface area (Å²) < 4.78 is 1.85. The van der Waals surface area contributed by atoms with Gasteiger partial charge in [-0.15, -0.1) is 0 Å². The van der Waals surface area contributed by atoms with Crippen LogP contribution in [0.2, 0.25) is 0 Å². The molecular weight excluding hydrogens is 226 g/mol. The van der Waals surface area contributed by atoms with Crippen molar-refractivity contribution >= 4 is 0 Å². The molecule has 2 unspecified atom stereocenters. The van der Waals surface area contributed by atoms with Crippen LogP contribution in [0.25, 0.3) is 0 Å². The summed E-state index contributed by atoms with van der Waals surface area (Å²) in [6.07, 6.45) is 5.21. The first kappa shape index (κ1) is 13.5. The predicted molar refractivity (Wildman–Crippen MR) is 73.3 cm³/mol. The standard InChI is InChI=1S/C13H25N5/c1-4-12-10-18(6-5-16(12)2)13(7-14)11-8-15-17(3)9-11/h8-9,12-13H,4-7,10,14H2,1-3H3. The van der Waals surface area contributed by atoms with Gasteiger partial charge >= 0.3 is 0 Å². The number of likely N-dealkylation sites (N-methyl/N-ethyl adjacent to an activating group) is 1. The smallest absolute Gasteiger partial charge is 0.0538 e. The normalized spacial score (nSPS) is 24.3. The van der Waals surface area contributed by atoms with Gasteiger partial charge in [0.05, 0.1) is 12.2 Å². The van der Waals surface area contributed by atoms with Gasteiger partial charge in [-0.1, -0.05) is 6.92 Å². The molecule has 18 heavy (non-hydrogen) atoms. The van der Waals surface area contributed by atoms with Gasteiger partial charge < -0.3 is 10.6 Å². The Morgan fingerprint density at radius 3 is 2.78 bits per heavy atom. The Kier molecular flexibility index (Phi) is 4.37. The van der Waals surface area contributed by atoms with Gasteiger partial charge in [-0.05, 0) is 13.5 Å². The molecule has 1 aliphatic heterocycles. The quantitative estimate of drug-likeness (QED) is 0.844. The van der Waals surface area contributed by atoms with E-state index in [1.165, 1.54) is 12.0 Å². The number of hydrogen-bond donors (Lipinski definition) is 1. The van der Waals surface area contributed by atoms with Gasteiger partial charge in [0.2, 0.25) is 0 Å². The van der Waals surface area contributed by atoms with E-state index < -0.39 is 0 Å². The summed E-state index contributed by atoms with van der Waals surface area (Å²) in [7, 11) is 4.17. The average molecular weight is 251 g/mol. The van der Waals surface area contributed by atoms with Gasteiger partial charge in [-0.2, -0.15) is 5.10 Å². The van der Waals surface area contributed by atoms with Crippen molar-refractivity contribution < 1.29 is 0 Å². The molecule has 0 saturated carbocycles. The zero-order valence-corrected chi connectivity index (χ0v) is 11.7. The summed E-state index contributed by atoms with van der Waals surface area (Å²) in [5.41, 5.74) is 7.21. The lowest BCUT2D eigenvalue weighted by molar-refractivity contribution is 0.0644. The Hall–Kier alpha value is -0.910. The number of aryl methyl sites for hydroxylation is 1. The second kappa shape index (κ2) is 5.82. The van der Waals surface area contributed by atoms with Crippen molar-refractivity contribution in [3.63, 3.8) is 0 Å². The number of hydrogen-bond acceptors (Lipinski definition) is 4. The van der Waals surface area contributed by atoms with E-state index in [1.807, 2.05) is 17.9 Å². The average Bonchev–Trinajstić information content (AvgIpc) is 2.79. The Balaban J connectivity index is 2.09. The molecular formula is C13H25N5. The molecule has 1 saturated heterocycles. The molecule has 1 aromatic rings. The summed E-state index contributed by atoms with van der Waals surface area (Å²) in [6, 6.07) is 0.950. The van der Waals surface area contributed by atoms with Crippen molar-refractivity contribution in [2.24, 2.45) is 12.8 Å². The van der Waals surface area contributed by atoms with Crippen LogP contribution in [0.3, 0.4) is 0 Å². The van der Waals surface area contributed by atoms with Gasteiger partial charge in [0.25, 0.3) is 0 Å². The topological polar surface area (TPSA) is 50.3 Å². The molecule has 2 atom stereocenters. The molecule has 0 aliphatic carbocycles. The summed E-state index contributed by atoms with van der Waals surface area (Å²) in [6.45, 7) is 6.22. The van der Waals surface area contributed by atoms with E-state index in [9.17, 15) is 0 Å². The largest absolute Gasteiger partial charge is 0.329 e. The van der Waals surface area contributed by atoms with E-state index in [-0.39, 0.29) is 0 Å². The molecule has 2 N–H and O–H groups in total. The number of nitrogens with zero attached hydrogens (tertiary/aromatic N) is 4. The molecule has 0 bridgehead atoms. The number of rotatable bonds is 4. The Morgan fingerprint density at radius 1 is 1.44 bits per heavy atom. The summed E-state index contributed by atoms with van der Waals surface area (Å²) in [5, 5.41) is 4.26. The van der Waals surface area contributed by atoms with Gasteiger partial charge in [-0.3, -0.25) is 9.58 Å². The fourth-order valence-electron chi connectivity index (χ4n) is 2.80. The van der Waals surface area contributed by atoms with Crippen molar-refractivity contribution in [1.29, 1.82) is 0 Å². The molecule has 102 valence electrons. The molecule has 5 heteroatoms. The lowest BCUT2D eigenvalue weighted by atomic mass is 10.0. The van der Waals surface area contributed by atoms with Crippen LogP contribution in [0.15, 0.2) is 12.4 Å². The zero-order valence-electron chi connectivity index (χ0n) is 11.7. The molecule has 0 spiro atoms. The molecule has 1 fully saturated rings. The van der Waals surface area contributed by atoms with Crippen LogP contribution in [0.4, 0.5) is 0 Å². The first-order valence-corrected chi connectivity index (χ1v) is 6.78. The lowest BCUT2D eigenvalue weighted by Gasteiger charge is -2.42. The highest BCUT2D eigenvalue weighted by atomic mass is 15.3. The van der Waals surface area contributed by atoms with Crippen LogP contribution < -0.4 is 5.73 Å². The highest BCUT2D eigenvalue weighted by molar-refractivity contribution is 5.11. The van der Waals surface area contributed by atoms with Crippen LogP contribution in [-0.2, 0) is 7.05 Å². The van der Waals surface area contributed by atoms with Crippen LogP contribution in [0.1, 0.15) is 24.9 Å². The second-order valence-electron chi connectivity index (χ2n) is 5.24. The maximum atomic E-state index is 5.97. The van der Waals surface area contributed by atoms with Gasteiger partial charge in [0, 0.05) is 51.0 Å². The highest BCUT2D eigenvalue weighted by Gasteiger charge is 2.28. The third-order valence-electron chi connectivity index (χ3n) is 4.05. The Labute approximate surface area is 110 Å². The fraction of sp³-hybridized carbons (Fsp3) is 0.769. The SMILES string of the molecule is CCC1CN(C(CN)c2cnn(C)c2)CCN1C. The Morgan fingerprint density at radius 2 is 2.22 bits per heavy atom. The van der Waals surface area contributed by atoms with Crippen molar-refractivity contribution in [2.75, 3.05) is 33.2 Å². The van der Waals surface area contributed by atoms with E-state index in [0.29, 0.717) is 18.6 Å². The van der Waals surface area contributed by atoms with Crippen LogP contribution in [-0.4, -0.2) is 58.8 Å². The molecule has 2 heterocycles. The third-order valence-corrected chi connectivity index (χ3v) is 4.05. The molecule has 5 nitrogen and oxygen atoms in total. The minimum atomic E-state index is 0.307. The third kappa shape index (κ3) is 2.74. The zero-order chi connectivity index (χ0) is 13.1. The lowest BCUT2D eigenvalue weighted by Crippen LogP contribution is -2.53. The highest BCUT2D eigenvalue weighted by Crippen LogP contribution is 2.23. The minimum absolute atomic E-state index is 0.307. The molecule has 1 aromatic heterocycles. The monoisotopic (exact) mass is 251 g/mol. The van der Waals surface area contributed by atoms with Crippen molar-refractivity contribution in [1.82, 2.24) is 19.6 Å². The van der Waals surface area contributed by atoms with E-state index in [0.717, 1.165) is 19.6 Å². The van der Waals surface area contributed by atoms with Crippen LogP contribution in [0.5, 0.6) is 0 Å². The number of aromatic nitrogens is 2. The molecule has 0 aromatic carbocycles. The van der Waals surface area contributed by atoms with Crippen molar-refractivity contribution in [3.8, 4) is 0 Å². The van der Waals surface area contributed by atoms with Crippen molar-refractivity contribution in [3.05, 3.63) is 18.0 Å². The molecule has 0 amide bonds. The van der Waals surface area contributed by atoms with E-state index in [1.54, 1.807) is 0 Å². The first-order valence-electron chi connectivity index (χ1n) is 6.78. The van der Waals surface area contributed by atoms with Crippen LogP contribution in [0, 0.1) is 0 Å². The summed E-state index contributed by atoms with van der Waals surface area (Å²) in [5.74, 6) is 0. The maximum Gasteiger partial charge on any atom is 0.0538 e. The van der Waals surface area contributed by atoms with E-state index >= 15 is 0 Å². The second-order valence-corrected chi connectivity index (χ2v) is 5.24. The van der Waals surface area contributed by atoms with Gasteiger partial charge in [0.15, 0.2) is 0 Å². The molecule has 0 radical (unpaired) electrons. The van der Waals surface area contributed by atoms with E-state index in [2.05, 4.69) is 35.1 Å². The van der Waals surface area contributed by atoms with Crippen LogP contribution >= 0.6 is 0 Å². The Bertz CT molecular complexity index is 375. The van der Waals surface area contributed by atoms with Crippen molar-refractivity contribution in [2.45, 2.75) is 25.4 Å². The fourth-order valence-corrected chi connectivity index (χ4v) is 2.80.